The number of hydrogen-bond acceptors (Lipinski definition) is 5. The van der Waals surface area contributed by atoms with E-state index in [0.717, 1.165) is 24.5 Å². The molecule has 2 heterocycles. The molecule has 5 heteroatoms. The second-order valence-corrected chi connectivity index (χ2v) is 5.20. The fourth-order valence-corrected chi connectivity index (χ4v) is 2.57. The lowest BCUT2D eigenvalue weighted by Crippen LogP contribution is -2.38. The van der Waals surface area contributed by atoms with E-state index in [9.17, 15) is 0 Å². The first-order valence-electron chi connectivity index (χ1n) is 6.54. The van der Waals surface area contributed by atoms with E-state index in [-0.39, 0.29) is 0 Å². The number of likely N-dealkylation sites (N-methyl/N-ethyl adjacent to an activating group) is 1. The Hall–Kier alpha value is -1.36. The largest absolute Gasteiger partial charge is 0.357 e. The predicted octanol–water partition coefficient (Wildman–Crippen LogP) is 1.36. The van der Waals surface area contributed by atoms with Crippen LogP contribution in [0.3, 0.4) is 0 Å². The molecule has 1 aromatic heterocycles. The van der Waals surface area contributed by atoms with E-state index >= 15 is 0 Å². The third kappa shape index (κ3) is 2.72. The fraction of sp³-hybridized carbons (Fsp3) is 0.692. The monoisotopic (exact) mass is 249 g/mol. The smallest absolute Gasteiger partial charge is 0.224 e. The van der Waals surface area contributed by atoms with Crippen LogP contribution < -0.4 is 10.2 Å². The Labute approximate surface area is 109 Å². The summed E-state index contributed by atoms with van der Waals surface area (Å²) >= 11 is 0. The lowest BCUT2D eigenvalue weighted by molar-refractivity contribution is 0.371. The van der Waals surface area contributed by atoms with Gasteiger partial charge < -0.3 is 15.1 Å². The van der Waals surface area contributed by atoms with Crippen LogP contribution >= 0.6 is 0 Å². The van der Waals surface area contributed by atoms with Crippen LogP contribution in [0.5, 0.6) is 0 Å². The van der Waals surface area contributed by atoms with Gasteiger partial charge in [-0.3, -0.25) is 0 Å². The average molecular weight is 249 g/mol. The van der Waals surface area contributed by atoms with Crippen molar-refractivity contribution in [3.8, 4) is 0 Å². The van der Waals surface area contributed by atoms with E-state index in [1.807, 2.05) is 13.2 Å². The minimum Gasteiger partial charge on any atom is -0.357 e. The Balaban J connectivity index is 2.23. The van der Waals surface area contributed by atoms with Gasteiger partial charge in [-0.05, 0) is 33.9 Å². The van der Waals surface area contributed by atoms with Crippen molar-refractivity contribution < 1.29 is 0 Å². The molecule has 100 valence electrons. The average Bonchev–Trinajstić information content (AvgIpc) is 2.77. The first-order valence-corrected chi connectivity index (χ1v) is 6.54. The van der Waals surface area contributed by atoms with Crippen molar-refractivity contribution in [2.45, 2.75) is 25.8 Å². The zero-order chi connectivity index (χ0) is 13.1. The summed E-state index contributed by atoms with van der Waals surface area (Å²) in [5.74, 6) is 1.78. The summed E-state index contributed by atoms with van der Waals surface area (Å²) in [5, 5.41) is 3.01. The molecule has 1 aliphatic rings. The molecule has 0 bridgehead atoms. The van der Waals surface area contributed by atoms with Gasteiger partial charge in [0.1, 0.15) is 5.82 Å². The van der Waals surface area contributed by atoms with Crippen molar-refractivity contribution in [2.75, 3.05) is 44.4 Å². The minimum absolute atomic E-state index is 0.568. The number of hydrogen-bond donors (Lipinski definition) is 1. The Morgan fingerprint density at radius 1 is 1.50 bits per heavy atom. The van der Waals surface area contributed by atoms with Crippen LogP contribution in [0.2, 0.25) is 0 Å². The van der Waals surface area contributed by atoms with Crippen LogP contribution in [0.15, 0.2) is 6.20 Å². The van der Waals surface area contributed by atoms with Gasteiger partial charge >= 0.3 is 0 Å². The molecule has 18 heavy (non-hydrogen) atoms. The normalized spacial score (nSPS) is 19.6. The van der Waals surface area contributed by atoms with Crippen LogP contribution in [-0.4, -0.2) is 55.1 Å². The SMILES string of the molecule is CNc1ncc(C)c(N2CCCC2CN(C)C)n1. The van der Waals surface area contributed by atoms with Crippen molar-refractivity contribution >= 4 is 11.8 Å². The van der Waals surface area contributed by atoms with Crippen molar-refractivity contribution in [1.82, 2.24) is 14.9 Å². The minimum atomic E-state index is 0.568. The van der Waals surface area contributed by atoms with E-state index < -0.39 is 0 Å². The molecule has 1 aromatic rings. The van der Waals surface area contributed by atoms with E-state index in [4.69, 9.17) is 0 Å². The van der Waals surface area contributed by atoms with Gasteiger partial charge in [0.15, 0.2) is 0 Å². The third-order valence-corrected chi connectivity index (χ3v) is 3.39. The quantitative estimate of drug-likeness (QED) is 0.873. The van der Waals surface area contributed by atoms with E-state index in [1.54, 1.807) is 0 Å². The maximum atomic E-state index is 4.62. The Kier molecular flexibility index (Phi) is 4.01. The lowest BCUT2D eigenvalue weighted by atomic mass is 10.2. The summed E-state index contributed by atoms with van der Waals surface area (Å²) in [5.41, 5.74) is 1.15. The Morgan fingerprint density at radius 3 is 2.94 bits per heavy atom. The van der Waals surface area contributed by atoms with Gasteiger partial charge in [-0.1, -0.05) is 0 Å². The lowest BCUT2D eigenvalue weighted by Gasteiger charge is -2.29. The van der Waals surface area contributed by atoms with Crippen LogP contribution in [-0.2, 0) is 0 Å². The molecular weight excluding hydrogens is 226 g/mol. The van der Waals surface area contributed by atoms with Gasteiger partial charge in [0.25, 0.3) is 0 Å². The molecule has 0 aromatic carbocycles. The molecule has 0 radical (unpaired) electrons. The third-order valence-electron chi connectivity index (χ3n) is 3.39. The van der Waals surface area contributed by atoms with Crippen molar-refractivity contribution in [3.05, 3.63) is 11.8 Å². The molecule has 5 nitrogen and oxygen atoms in total. The Morgan fingerprint density at radius 2 is 2.28 bits per heavy atom. The second-order valence-electron chi connectivity index (χ2n) is 5.20. The van der Waals surface area contributed by atoms with Gasteiger partial charge in [-0.15, -0.1) is 0 Å². The predicted molar refractivity (Wildman–Crippen MR) is 75.2 cm³/mol. The maximum absolute atomic E-state index is 4.62. The van der Waals surface area contributed by atoms with Crippen LogP contribution in [0, 0.1) is 6.92 Å². The van der Waals surface area contributed by atoms with Crippen LogP contribution in [0.25, 0.3) is 0 Å². The van der Waals surface area contributed by atoms with Gasteiger partial charge in [0.2, 0.25) is 5.95 Å². The van der Waals surface area contributed by atoms with Crippen molar-refractivity contribution in [1.29, 1.82) is 0 Å². The molecule has 0 amide bonds. The van der Waals surface area contributed by atoms with Gasteiger partial charge in [0.05, 0.1) is 0 Å². The summed E-state index contributed by atoms with van der Waals surface area (Å²) in [6.07, 6.45) is 4.40. The second kappa shape index (κ2) is 5.52. The van der Waals surface area contributed by atoms with Crippen LogP contribution in [0.4, 0.5) is 11.8 Å². The first kappa shape index (κ1) is 13.1. The molecule has 0 spiro atoms. The number of rotatable bonds is 4. The van der Waals surface area contributed by atoms with E-state index in [0.29, 0.717) is 12.0 Å². The number of aryl methyl sites for hydroxylation is 1. The molecule has 1 N–H and O–H groups in total. The number of nitrogens with one attached hydrogen (secondary N) is 1. The highest BCUT2D eigenvalue weighted by molar-refractivity contribution is 5.50. The highest BCUT2D eigenvalue weighted by Crippen LogP contribution is 2.27. The van der Waals surface area contributed by atoms with E-state index in [1.165, 1.54) is 12.8 Å². The molecule has 1 fully saturated rings. The van der Waals surface area contributed by atoms with Gasteiger partial charge in [-0.25, -0.2) is 4.98 Å². The van der Waals surface area contributed by atoms with Crippen LogP contribution in [0.1, 0.15) is 18.4 Å². The summed E-state index contributed by atoms with van der Waals surface area (Å²) in [6, 6.07) is 0.568. The topological polar surface area (TPSA) is 44.3 Å². The number of nitrogens with zero attached hydrogens (tertiary/aromatic N) is 4. The number of anilines is 2. The molecule has 0 saturated carbocycles. The van der Waals surface area contributed by atoms with Gasteiger partial charge in [-0.2, -0.15) is 4.98 Å². The fourth-order valence-electron chi connectivity index (χ4n) is 2.57. The zero-order valence-corrected chi connectivity index (χ0v) is 11.8. The summed E-state index contributed by atoms with van der Waals surface area (Å²) in [7, 11) is 6.11. The highest BCUT2D eigenvalue weighted by atomic mass is 15.3. The zero-order valence-electron chi connectivity index (χ0n) is 11.8. The first-order chi connectivity index (χ1) is 8.61. The summed E-state index contributed by atoms with van der Waals surface area (Å²) in [4.78, 5) is 13.5. The highest BCUT2D eigenvalue weighted by Gasteiger charge is 2.27. The van der Waals surface area contributed by atoms with E-state index in [2.05, 4.69) is 46.1 Å². The molecule has 1 unspecified atom stereocenters. The van der Waals surface area contributed by atoms with Gasteiger partial charge in [0, 0.05) is 37.9 Å². The standard InChI is InChI=1S/C13H23N5/c1-10-8-15-13(14-2)16-12(10)18-7-5-6-11(18)9-17(3)4/h8,11H,5-7,9H2,1-4H3,(H,14,15,16). The molecule has 1 saturated heterocycles. The number of aromatic nitrogens is 2. The summed E-state index contributed by atoms with van der Waals surface area (Å²) in [6.45, 7) is 4.26. The molecule has 0 aliphatic carbocycles. The Bertz CT molecular complexity index is 404. The summed E-state index contributed by atoms with van der Waals surface area (Å²) < 4.78 is 0. The maximum Gasteiger partial charge on any atom is 0.224 e. The molecular formula is C13H23N5. The molecule has 1 atom stereocenters. The molecule has 2 rings (SSSR count). The van der Waals surface area contributed by atoms with Crippen molar-refractivity contribution in [3.63, 3.8) is 0 Å². The van der Waals surface area contributed by atoms with Crippen molar-refractivity contribution in [2.24, 2.45) is 0 Å². The molecule has 1 aliphatic heterocycles.